The second-order valence-electron chi connectivity index (χ2n) is 2.02. The van der Waals surface area contributed by atoms with E-state index in [4.69, 9.17) is 9.84 Å². The highest BCUT2D eigenvalue weighted by Crippen LogP contribution is 2.03. The second-order valence-corrected chi connectivity index (χ2v) is 2.02. The van der Waals surface area contributed by atoms with Gasteiger partial charge in [0.05, 0.1) is 6.26 Å². The average Bonchev–Trinajstić information content (AvgIpc) is 2.03. The third-order valence-corrected chi connectivity index (χ3v) is 1.16. The molecule has 0 saturated heterocycles. The molecule has 4 nitrogen and oxygen atoms in total. The van der Waals surface area contributed by atoms with Gasteiger partial charge in [0.1, 0.15) is 13.2 Å². The molecular formula is C7H8O4. The Hall–Kier alpha value is -1.45. The third-order valence-electron chi connectivity index (χ3n) is 1.16. The van der Waals surface area contributed by atoms with Crippen LogP contribution >= 0.6 is 0 Å². The summed E-state index contributed by atoms with van der Waals surface area (Å²) in [5.74, 6) is 0. The molecule has 0 aromatic heterocycles. The van der Waals surface area contributed by atoms with E-state index in [1.54, 1.807) is 18.4 Å². The summed E-state index contributed by atoms with van der Waals surface area (Å²) in [6, 6.07) is 0. The first-order valence-electron chi connectivity index (χ1n) is 3.11. The molecular weight excluding hydrogens is 148 g/mol. The van der Waals surface area contributed by atoms with Crippen LogP contribution in [0.2, 0.25) is 0 Å². The number of allylic oxidation sites excluding steroid dienone is 2. The summed E-state index contributed by atoms with van der Waals surface area (Å²) < 4.78 is 9.21. The maximum absolute atomic E-state index is 9.93. The molecule has 0 atom stereocenters. The normalized spacial score (nSPS) is 15.1. The number of hydrogen-bond donors (Lipinski definition) is 1. The van der Waals surface area contributed by atoms with Crippen LogP contribution in [0.5, 0.6) is 0 Å². The molecule has 1 rings (SSSR count). The highest BCUT2D eigenvalue weighted by molar-refractivity contribution is 5.57. The zero-order valence-corrected chi connectivity index (χ0v) is 5.82. The van der Waals surface area contributed by atoms with E-state index in [0.29, 0.717) is 6.61 Å². The van der Waals surface area contributed by atoms with Crippen LogP contribution in [0.25, 0.3) is 0 Å². The summed E-state index contributed by atoms with van der Waals surface area (Å²) in [4.78, 5) is 9.93. The van der Waals surface area contributed by atoms with Crippen molar-refractivity contribution in [1.82, 2.24) is 0 Å². The van der Waals surface area contributed by atoms with Gasteiger partial charge in [-0.15, -0.1) is 0 Å². The Morgan fingerprint density at radius 1 is 1.82 bits per heavy atom. The number of hydrogen-bond acceptors (Lipinski definition) is 3. The molecule has 0 radical (unpaired) electrons. The minimum atomic E-state index is -1.26. The van der Waals surface area contributed by atoms with Gasteiger partial charge in [0.2, 0.25) is 0 Å². The highest BCUT2D eigenvalue weighted by Gasteiger charge is 2.02. The summed E-state index contributed by atoms with van der Waals surface area (Å²) in [6.07, 6.45) is 3.75. The van der Waals surface area contributed by atoms with Crippen molar-refractivity contribution in [3.63, 3.8) is 0 Å². The Bertz CT molecular complexity index is 204. The van der Waals surface area contributed by atoms with Crippen molar-refractivity contribution < 1.29 is 19.4 Å². The van der Waals surface area contributed by atoms with Gasteiger partial charge in [-0.1, -0.05) is 6.08 Å². The van der Waals surface area contributed by atoms with Gasteiger partial charge in [-0.2, -0.15) is 0 Å². The molecule has 0 amide bonds. The van der Waals surface area contributed by atoms with Crippen LogP contribution in [0.3, 0.4) is 0 Å². The van der Waals surface area contributed by atoms with Gasteiger partial charge in [-0.3, -0.25) is 0 Å². The van der Waals surface area contributed by atoms with Crippen molar-refractivity contribution in [2.45, 2.75) is 0 Å². The Kier molecular flexibility index (Phi) is 2.54. The molecule has 1 N–H and O–H groups in total. The largest absolute Gasteiger partial charge is 0.506 e. The molecule has 0 aromatic carbocycles. The lowest BCUT2D eigenvalue weighted by Crippen LogP contribution is -2.08. The first-order chi connectivity index (χ1) is 5.29. The van der Waals surface area contributed by atoms with E-state index in [1.165, 1.54) is 0 Å². The van der Waals surface area contributed by atoms with Crippen LogP contribution in [0.15, 0.2) is 24.0 Å². The van der Waals surface area contributed by atoms with E-state index in [9.17, 15) is 4.79 Å². The van der Waals surface area contributed by atoms with Crippen LogP contribution in [-0.4, -0.2) is 24.5 Å². The van der Waals surface area contributed by atoms with Crippen molar-refractivity contribution in [2.75, 3.05) is 13.2 Å². The molecule has 0 aromatic rings. The minimum Gasteiger partial charge on any atom is -0.497 e. The molecule has 0 fully saturated rings. The van der Waals surface area contributed by atoms with Crippen LogP contribution in [0.1, 0.15) is 0 Å². The second kappa shape index (κ2) is 3.65. The highest BCUT2D eigenvalue weighted by atomic mass is 16.7. The van der Waals surface area contributed by atoms with Crippen LogP contribution < -0.4 is 0 Å². The maximum atomic E-state index is 9.93. The van der Waals surface area contributed by atoms with Crippen LogP contribution in [0, 0.1) is 0 Å². The average molecular weight is 156 g/mol. The quantitative estimate of drug-likeness (QED) is 0.609. The van der Waals surface area contributed by atoms with Gasteiger partial charge < -0.3 is 14.6 Å². The summed E-state index contributed by atoms with van der Waals surface area (Å²) in [5, 5.41) is 8.14. The van der Waals surface area contributed by atoms with E-state index in [0.717, 1.165) is 5.57 Å². The predicted octanol–water partition coefficient (Wildman–Crippen LogP) is 1.15. The first kappa shape index (κ1) is 7.65. The van der Waals surface area contributed by atoms with Gasteiger partial charge in [0, 0.05) is 5.57 Å². The zero-order chi connectivity index (χ0) is 8.10. The topological polar surface area (TPSA) is 55.8 Å². The molecule has 0 saturated carbocycles. The lowest BCUT2D eigenvalue weighted by molar-refractivity contribution is 0.0963. The van der Waals surface area contributed by atoms with Crippen molar-refractivity contribution in [3.05, 3.63) is 24.0 Å². The van der Waals surface area contributed by atoms with Crippen molar-refractivity contribution in [2.24, 2.45) is 0 Å². The molecule has 60 valence electrons. The number of carbonyl (C=O) groups is 1. The number of rotatable bonds is 2. The fourth-order valence-electron chi connectivity index (χ4n) is 0.678. The first-order valence-corrected chi connectivity index (χ1v) is 3.11. The summed E-state index contributed by atoms with van der Waals surface area (Å²) >= 11 is 0. The Morgan fingerprint density at radius 3 is 3.18 bits per heavy atom. The van der Waals surface area contributed by atoms with Crippen molar-refractivity contribution in [3.8, 4) is 0 Å². The number of ether oxygens (including phenoxy) is 2. The fraction of sp³-hybridized carbons (Fsp3) is 0.286. The molecule has 11 heavy (non-hydrogen) atoms. The molecule has 0 bridgehead atoms. The SMILES string of the molecule is O=C(O)OCC1=CC=COC1. The molecule has 1 heterocycles. The lowest BCUT2D eigenvalue weighted by atomic mass is 10.2. The molecule has 0 aliphatic carbocycles. The molecule has 0 spiro atoms. The van der Waals surface area contributed by atoms with Crippen molar-refractivity contribution >= 4 is 6.16 Å². The van der Waals surface area contributed by atoms with Crippen LogP contribution in [0.4, 0.5) is 4.79 Å². The van der Waals surface area contributed by atoms with Gasteiger partial charge in [-0.05, 0) is 6.08 Å². The van der Waals surface area contributed by atoms with Crippen LogP contribution in [-0.2, 0) is 9.47 Å². The molecule has 1 aliphatic heterocycles. The molecule has 0 unspecified atom stereocenters. The zero-order valence-electron chi connectivity index (χ0n) is 5.82. The fourth-order valence-corrected chi connectivity index (χ4v) is 0.678. The summed E-state index contributed by atoms with van der Waals surface area (Å²) in [6.45, 7) is 0.490. The smallest absolute Gasteiger partial charge is 0.497 e. The Balaban J connectivity index is 2.31. The minimum absolute atomic E-state index is 0.0830. The van der Waals surface area contributed by atoms with E-state index >= 15 is 0 Å². The lowest BCUT2D eigenvalue weighted by Gasteiger charge is -2.08. The van der Waals surface area contributed by atoms with E-state index in [2.05, 4.69) is 4.74 Å². The van der Waals surface area contributed by atoms with E-state index < -0.39 is 6.16 Å². The standard InChI is InChI=1S/C7H8O4/c8-7(9)11-5-6-2-1-3-10-4-6/h1-3H,4-5H2,(H,8,9). The Morgan fingerprint density at radius 2 is 2.64 bits per heavy atom. The van der Waals surface area contributed by atoms with Gasteiger partial charge in [0.25, 0.3) is 0 Å². The predicted molar refractivity (Wildman–Crippen MR) is 37.2 cm³/mol. The monoisotopic (exact) mass is 156 g/mol. The van der Waals surface area contributed by atoms with E-state index in [-0.39, 0.29) is 6.61 Å². The molecule has 4 heteroatoms. The van der Waals surface area contributed by atoms with Crippen molar-refractivity contribution in [1.29, 1.82) is 0 Å². The van der Waals surface area contributed by atoms with Gasteiger partial charge >= 0.3 is 6.16 Å². The van der Waals surface area contributed by atoms with E-state index in [1.807, 2.05) is 0 Å². The summed E-state index contributed by atoms with van der Waals surface area (Å²) in [5.41, 5.74) is 0.815. The van der Waals surface area contributed by atoms with Gasteiger partial charge in [0.15, 0.2) is 0 Å². The number of carboxylic acid groups (broad SMARTS) is 1. The Labute approximate surface area is 63.7 Å². The third kappa shape index (κ3) is 2.75. The molecule has 1 aliphatic rings. The van der Waals surface area contributed by atoms with Gasteiger partial charge in [-0.25, -0.2) is 4.79 Å². The summed E-state index contributed by atoms with van der Waals surface area (Å²) in [7, 11) is 0. The maximum Gasteiger partial charge on any atom is 0.506 e.